The zero-order valence-corrected chi connectivity index (χ0v) is 16.5. The summed E-state index contributed by atoms with van der Waals surface area (Å²) < 4.78 is 1.86. The van der Waals surface area contributed by atoms with Crippen LogP contribution in [-0.4, -0.2) is 56.2 Å². The minimum Gasteiger partial charge on any atom is -0.354 e. The first-order valence-corrected chi connectivity index (χ1v) is 10.8. The number of hydrogen-bond donors (Lipinski definition) is 1. The second-order valence-electron chi connectivity index (χ2n) is 9.95. The molecule has 4 bridgehead atoms. The van der Waals surface area contributed by atoms with E-state index in [9.17, 15) is 4.79 Å². The molecule has 1 N–H and O–H groups in total. The number of tetrazole rings is 1. The van der Waals surface area contributed by atoms with Crippen LogP contribution in [0.5, 0.6) is 0 Å². The predicted octanol–water partition coefficient (Wildman–Crippen LogP) is 1.89. The van der Waals surface area contributed by atoms with Gasteiger partial charge in [-0.05, 0) is 78.5 Å². The zero-order valence-electron chi connectivity index (χ0n) is 16.5. The quantitative estimate of drug-likeness (QED) is 0.854. The average molecular weight is 373 g/mol. The van der Waals surface area contributed by atoms with Gasteiger partial charge in [0.15, 0.2) is 0 Å². The zero-order chi connectivity index (χ0) is 18.5. The van der Waals surface area contributed by atoms with Crippen molar-refractivity contribution in [3.63, 3.8) is 0 Å². The first-order valence-electron chi connectivity index (χ1n) is 10.8. The molecule has 0 aromatic carbocycles. The van der Waals surface area contributed by atoms with Crippen LogP contribution in [0.4, 0.5) is 0 Å². The Kier molecular flexibility index (Phi) is 4.45. The van der Waals surface area contributed by atoms with Crippen molar-refractivity contribution in [1.29, 1.82) is 0 Å². The lowest BCUT2D eigenvalue weighted by atomic mass is 9.54. The highest BCUT2D eigenvalue weighted by atomic mass is 16.2. The molecule has 1 aromatic heterocycles. The van der Waals surface area contributed by atoms with E-state index in [1.54, 1.807) is 6.33 Å². The Morgan fingerprint density at radius 3 is 2.41 bits per heavy atom. The Morgan fingerprint density at radius 1 is 1.11 bits per heavy atom. The van der Waals surface area contributed by atoms with E-state index >= 15 is 0 Å². The maximum Gasteiger partial charge on any atom is 0.237 e. The maximum atomic E-state index is 13.1. The van der Waals surface area contributed by atoms with E-state index in [4.69, 9.17) is 0 Å². The highest BCUT2D eigenvalue weighted by Gasteiger charge is 2.53. The van der Waals surface area contributed by atoms with Crippen LogP contribution in [0, 0.1) is 29.6 Å². The first-order chi connectivity index (χ1) is 13.1. The number of hydrogen-bond acceptors (Lipinski definition) is 5. The summed E-state index contributed by atoms with van der Waals surface area (Å²) in [4.78, 5) is 15.7. The molecule has 5 fully saturated rings. The smallest absolute Gasteiger partial charge is 0.237 e. The lowest BCUT2D eigenvalue weighted by Gasteiger charge is -2.57. The van der Waals surface area contributed by atoms with Gasteiger partial charge in [-0.2, -0.15) is 0 Å². The Morgan fingerprint density at radius 2 is 1.81 bits per heavy atom. The molecule has 5 aliphatic rings. The summed E-state index contributed by atoms with van der Waals surface area (Å²) in [7, 11) is 0. The van der Waals surface area contributed by atoms with Gasteiger partial charge < -0.3 is 5.32 Å². The Hall–Kier alpha value is -1.50. The summed E-state index contributed by atoms with van der Waals surface area (Å²) in [5.74, 6) is 4.15. The third-order valence-electron chi connectivity index (χ3n) is 7.60. The third kappa shape index (κ3) is 3.18. The molecule has 2 heterocycles. The average Bonchev–Trinajstić information content (AvgIpc) is 3.28. The van der Waals surface area contributed by atoms with Gasteiger partial charge in [0.1, 0.15) is 6.33 Å². The molecular weight excluding hydrogens is 340 g/mol. The summed E-state index contributed by atoms with van der Waals surface area (Å²) >= 11 is 0. The van der Waals surface area contributed by atoms with Gasteiger partial charge in [-0.3, -0.25) is 9.69 Å². The van der Waals surface area contributed by atoms with Crippen molar-refractivity contribution in [2.24, 2.45) is 29.6 Å². The van der Waals surface area contributed by atoms with Crippen molar-refractivity contribution in [3.8, 4) is 0 Å². The normalized spacial score (nSPS) is 40.8. The molecule has 1 amide bonds. The van der Waals surface area contributed by atoms with Gasteiger partial charge in [-0.25, -0.2) is 4.68 Å². The fourth-order valence-electron chi connectivity index (χ4n) is 6.81. The van der Waals surface area contributed by atoms with E-state index in [0.717, 1.165) is 43.2 Å². The molecule has 148 valence electrons. The van der Waals surface area contributed by atoms with Crippen molar-refractivity contribution >= 4 is 5.91 Å². The van der Waals surface area contributed by atoms with E-state index in [1.807, 2.05) is 4.68 Å². The van der Waals surface area contributed by atoms with Crippen molar-refractivity contribution in [2.75, 3.05) is 13.1 Å². The van der Waals surface area contributed by atoms with E-state index in [-0.39, 0.29) is 18.0 Å². The number of nitrogens with zero attached hydrogens (tertiary/aromatic N) is 5. The lowest BCUT2D eigenvalue weighted by molar-refractivity contribution is -0.130. The molecule has 27 heavy (non-hydrogen) atoms. The summed E-state index contributed by atoms with van der Waals surface area (Å²) in [5.41, 5.74) is 0. The number of rotatable bonds is 5. The summed E-state index contributed by atoms with van der Waals surface area (Å²) in [6.45, 7) is 5.95. The number of carbonyl (C=O) groups is 1. The molecule has 1 aliphatic heterocycles. The fraction of sp³-hybridized carbons (Fsp3) is 0.900. The van der Waals surface area contributed by atoms with Crippen LogP contribution >= 0.6 is 0 Å². The molecule has 2 atom stereocenters. The second kappa shape index (κ2) is 6.83. The van der Waals surface area contributed by atoms with Crippen LogP contribution in [0.15, 0.2) is 6.33 Å². The van der Waals surface area contributed by atoms with E-state index in [0.29, 0.717) is 12.0 Å². The number of likely N-dealkylation sites (tertiary alicyclic amines) is 1. The molecule has 0 radical (unpaired) electrons. The maximum absolute atomic E-state index is 13.1. The summed E-state index contributed by atoms with van der Waals surface area (Å²) in [6.07, 6.45) is 9.50. The van der Waals surface area contributed by atoms with Crippen molar-refractivity contribution in [2.45, 2.75) is 70.5 Å². The van der Waals surface area contributed by atoms with Crippen LogP contribution in [0.25, 0.3) is 0 Å². The fourth-order valence-corrected chi connectivity index (χ4v) is 6.81. The second-order valence-corrected chi connectivity index (χ2v) is 9.95. The van der Waals surface area contributed by atoms with Gasteiger partial charge in [0.25, 0.3) is 0 Å². The van der Waals surface area contributed by atoms with Crippen LogP contribution in [0.2, 0.25) is 0 Å². The topological polar surface area (TPSA) is 75.9 Å². The SMILES string of the molecule is CC(C)CNC(=O)[C@@H]1C[C@@H](n2cnnn2)CN1C1C2CC3CC(C2)CC1C3. The monoisotopic (exact) mass is 372 g/mol. The van der Waals surface area contributed by atoms with Crippen LogP contribution in [0.3, 0.4) is 0 Å². The lowest BCUT2D eigenvalue weighted by Crippen LogP contribution is -2.59. The van der Waals surface area contributed by atoms with E-state index in [2.05, 4.69) is 39.6 Å². The number of carbonyl (C=O) groups excluding carboxylic acids is 1. The van der Waals surface area contributed by atoms with Crippen LogP contribution in [0.1, 0.15) is 58.4 Å². The van der Waals surface area contributed by atoms with Gasteiger partial charge >= 0.3 is 0 Å². The van der Waals surface area contributed by atoms with Crippen molar-refractivity contribution in [1.82, 2.24) is 30.4 Å². The molecule has 7 nitrogen and oxygen atoms in total. The minimum atomic E-state index is -0.0412. The number of nitrogens with one attached hydrogen (secondary N) is 1. The highest BCUT2D eigenvalue weighted by Crippen LogP contribution is 2.56. The number of amides is 1. The standard InChI is InChI=1S/C20H32N6O/c1-12(2)9-21-20(27)18-8-17(26-11-22-23-24-26)10-25(18)19-15-4-13-3-14(6-15)7-16(19)5-13/h11-19H,3-10H2,1-2H3,(H,21,27)/t13?,14?,15?,16?,17-,18+,19?/m1/s1. The highest BCUT2D eigenvalue weighted by molar-refractivity contribution is 5.82. The van der Waals surface area contributed by atoms with Crippen molar-refractivity contribution in [3.05, 3.63) is 6.33 Å². The van der Waals surface area contributed by atoms with Crippen LogP contribution < -0.4 is 5.32 Å². The molecule has 1 aromatic rings. The Balaban J connectivity index is 1.38. The molecule has 0 unspecified atom stereocenters. The Bertz CT molecular complexity index is 646. The van der Waals surface area contributed by atoms with Gasteiger partial charge in [0, 0.05) is 19.1 Å². The predicted molar refractivity (Wildman–Crippen MR) is 101 cm³/mol. The molecular formula is C20H32N6O. The minimum absolute atomic E-state index is 0.0412. The number of aromatic nitrogens is 4. The molecule has 4 aliphatic carbocycles. The first kappa shape index (κ1) is 17.6. The third-order valence-corrected chi connectivity index (χ3v) is 7.60. The van der Waals surface area contributed by atoms with Crippen molar-refractivity contribution < 1.29 is 4.79 Å². The van der Waals surface area contributed by atoms with Crippen LogP contribution in [-0.2, 0) is 4.79 Å². The van der Waals surface area contributed by atoms with Gasteiger partial charge in [0.2, 0.25) is 5.91 Å². The van der Waals surface area contributed by atoms with Gasteiger partial charge in [-0.15, -0.1) is 5.10 Å². The van der Waals surface area contributed by atoms with Gasteiger partial charge in [-0.1, -0.05) is 13.8 Å². The molecule has 7 heteroatoms. The Labute approximate surface area is 161 Å². The largest absolute Gasteiger partial charge is 0.354 e. The molecule has 6 rings (SSSR count). The van der Waals surface area contributed by atoms with E-state index in [1.165, 1.54) is 32.1 Å². The summed E-state index contributed by atoms with van der Waals surface area (Å²) in [5, 5.41) is 15.0. The van der Waals surface area contributed by atoms with Gasteiger partial charge in [0.05, 0.1) is 12.1 Å². The molecule has 0 spiro atoms. The van der Waals surface area contributed by atoms with E-state index < -0.39 is 0 Å². The summed E-state index contributed by atoms with van der Waals surface area (Å²) in [6, 6.07) is 0.738. The molecule has 1 saturated heterocycles. The molecule has 4 saturated carbocycles.